The van der Waals surface area contributed by atoms with Crippen LogP contribution in [0.15, 0.2) is 28.7 Å². The molecule has 2 atom stereocenters. The number of benzene rings is 1. The Morgan fingerprint density at radius 1 is 1.10 bits per heavy atom. The van der Waals surface area contributed by atoms with Crippen LogP contribution in [0.1, 0.15) is 56.6 Å². The van der Waals surface area contributed by atoms with Crippen molar-refractivity contribution in [1.29, 1.82) is 0 Å². The molecular weight excluding hydrogens is 324 g/mol. The number of nitrogens with two attached hydrogens (primary N) is 1. The van der Waals surface area contributed by atoms with Gasteiger partial charge in [0.1, 0.15) is 0 Å². The molecule has 1 saturated carbocycles. The number of hydrogen-bond acceptors (Lipinski definition) is 2. The standard InChI is InChI=1S/C18H27BrN2/c19-16-9-7-14(8-10-16)17(20)11-13-21-12-3-6-18(21)15-4-1-2-5-15/h7-10,15,17-18H,1-6,11-13,20H2. The second-order valence-electron chi connectivity index (χ2n) is 6.74. The first-order chi connectivity index (χ1) is 10.2. The Hall–Kier alpha value is -0.380. The van der Waals surface area contributed by atoms with Crippen molar-refractivity contribution in [2.75, 3.05) is 13.1 Å². The molecule has 0 aromatic heterocycles. The molecule has 2 aliphatic rings. The van der Waals surface area contributed by atoms with Crippen LogP contribution < -0.4 is 5.73 Å². The smallest absolute Gasteiger partial charge is 0.0307 e. The van der Waals surface area contributed by atoms with E-state index >= 15 is 0 Å². The summed E-state index contributed by atoms with van der Waals surface area (Å²) in [4.78, 5) is 2.73. The van der Waals surface area contributed by atoms with Gasteiger partial charge in [0.2, 0.25) is 0 Å². The van der Waals surface area contributed by atoms with Crippen molar-refractivity contribution in [2.24, 2.45) is 11.7 Å². The molecule has 1 saturated heterocycles. The van der Waals surface area contributed by atoms with E-state index in [1.54, 1.807) is 0 Å². The second kappa shape index (κ2) is 7.26. The van der Waals surface area contributed by atoms with Gasteiger partial charge in [-0.1, -0.05) is 40.9 Å². The third-order valence-corrected chi connectivity index (χ3v) is 5.91. The lowest BCUT2D eigenvalue weighted by Crippen LogP contribution is -2.36. The number of halogens is 1. The summed E-state index contributed by atoms with van der Waals surface area (Å²) >= 11 is 3.48. The molecule has 116 valence electrons. The topological polar surface area (TPSA) is 29.3 Å². The van der Waals surface area contributed by atoms with Gasteiger partial charge in [0.25, 0.3) is 0 Å². The molecule has 0 amide bonds. The van der Waals surface area contributed by atoms with Gasteiger partial charge in [-0.15, -0.1) is 0 Å². The van der Waals surface area contributed by atoms with Crippen LogP contribution in [0.5, 0.6) is 0 Å². The summed E-state index contributed by atoms with van der Waals surface area (Å²) in [7, 11) is 0. The molecule has 2 nitrogen and oxygen atoms in total. The quantitative estimate of drug-likeness (QED) is 0.847. The van der Waals surface area contributed by atoms with Crippen molar-refractivity contribution in [3.63, 3.8) is 0 Å². The van der Waals surface area contributed by atoms with E-state index < -0.39 is 0 Å². The zero-order valence-electron chi connectivity index (χ0n) is 12.8. The second-order valence-corrected chi connectivity index (χ2v) is 7.65. The third kappa shape index (κ3) is 3.88. The minimum absolute atomic E-state index is 0.169. The summed E-state index contributed by atoms with van der Waals surface area (Å²) in [6.45, 7) is 2.45. The summed E-state index contributed by atoms with van der Waals surface area (Å²) in [6, 6.07) is 9.49. The Kier molecular flexibility index (Phi) is 5.36. The molecule has 2 fully saturated rings. The van der Waals surface area contributed by atoms with Gasteiger partial charge in [-0.3, -0.25) is 0 Å². The summed E-state index contributed by atoms with van der Waals surface area (Å²) in [5.74, 6) is 0.969. The zero-order chi connectivity index (χ0) is 14.7. The molecule has 1 aliphatic heterocycles. The molecule has 1 heterocycles. The molecule has 2 unspecified atom stereocenters. The maximum Gasteiger partial charge on any atom is 0.0307 e. The van der Waals surface area contributed by atoms with E-state index in [2.05, 4.69) is 45.1 Å². The van der Waals surface area contributed by atoms with Gasteiger partial charge in [0.05, 0.1) is 0 Å². The van der Waals surface area contributed by atoms with Gasteiger partial charge in [0.15, 0.2) is 0 Å². The van der Waals surface area contributed by atoms with Crippen LogP contribution in [0.4, 0.5) is 0 Å². The Morgan fingerprint density at radius 2 is 1.81 bits per heavy atom. The maximum atomic E-state index is 6.38. The van der Waals surface area contributed by atoms with Gasteiger partial charge < -0.3 is 10.6 Å². The fraction of sp³-hybridized carbons (Fsp3) is 0.667. The van der Waals surface area contributed by atoms with E-state index in [1.165, 1.54) is 57.2 Å². The average Bonchev–Trinajstić information content (AvgIpc) is 3.16. The minimum Gasteiger partial charge on any atom is -0.324 e. The van der Waals surface area contributed by atoms with E-state index in [0.717, 1.165) is 22.9 Å². The SMILES string of the molecule is NC(CCN1CCCC1C1CCCC1)c1ccc(Br)cc1. The van der Waals surface area contributed by atoms with Crippen molar-refractivity contribution in [1.82, 2.24) is 4.90 Å². The molecule has 21 heavy (non-hydrogen) atoms. The summed E-state index contributed by atoms with van der Waals surface area (Å²) < 4.78 is 1.12. The van der Waals surface area contributed by atoms with E-state index in [0.29, 0.717) is 0 Å². The summed E-state index contributed by atoms with van der Waals surface area (Å²) in [5, 5.41) is 0. The van der Waals surface area contributed by atoms with Gasteiger partial charge in [0, 0.05) is 23.1 Å². The highest BCUT2D eigenvalue weighted by molar-refractivity contribution is 9.10. The maximum absolute atomic E-state index is 6.38. The van der Waals surface area contributed by atoms with E-state index in [1.807, 2.05) is 0 Å². The highest BCUT2D eigenvalue weighted by atomic mass is 79.9. The first-order valence-electron chi connectivity index (χ1n) is 8.49. The zero-order valence-corrected chi connectivity index (χ0v) is 14.4. The molecular formula is C18H27BrN2. The van der Waals surface area contributed by atoms with Gasteiger partial charge in [-0.25, -0.2) is 0 Å². The molecule has 1 aromatic rings. The number of nitrogens with zero attached hydrogens (tertiary/aromatic N) is 1. The summed E-state index contributed by atoms with van der Waals surface area (Å²) in [5.41, 5.74) is 7.64. The number of hydrogen-bond donors (Lipinski definition) is 1. The Balaban J connectivity index is 1.52. The van der Waals surface area contributed by atoms with Crippen LogP contribution in [0, 0.1) is 5.92 Å². The summed E-state index contributed by atoms with van der Waals surface area (Å²) in [6.07, 6.45) is 9.69. The van der Waals surface area contributed by atoms with Crippen LogP contribution in [-0.2, 0) is 0 Å². The first kappa shape index (κ1) is 15.5. The van der Waals surface area contributed by atoms with Gasteiger partial charge >= 0.3 is 0 Å². The van der Waals surface area contributed by atoms with Crippen molar-refractivity contribution in [3.8, 4) is 0 Å². The lowest BCUT2D eigenvalue weighted by atomic mass is 9.95. The molecule has 1 aromatic carbocycles. The Labute approximate surface area is 137 Å². The van der Waals surface area contributed by atoms with Crippen LogP contribution in [0.25, 0.3) is 0 Å². The highest BCUT2D eigenvalue weighted by Gasteiger charge is 2.32. The molecule has 0 spiro atoms. The van der Waals surface area contributed by atoms with Crippen molar-refractivity contribution in [2.45, 2.75) is 57.0 Å². The van der Waals surface area contributed by atoms with Crippen molar-refractivity contribution < 1.29 is 0 Å². The first-order valence-corrected chi connectivity index (χ1v) is 9.28. The van der Waals surface area contributed by atoms with E-state index in [9.17, 15) is 0 Å². The van der Waals surface area contributed by atoms with E-state index in [4.69, 9.17) is 5.73 Å². The van der Waals surface area contributed by atoms with Crippen LogP contribution in [0.3, 0.4) is 0 Å². The van der Waals surface area contributed by atoms with Gasteiger partial charge in [-0.05, 0) is 62.3 Å². The minimum atomic E-state index is 0.169. The largest absolute Gasteiger partial charge is 0.324 e. The predicted octanol–water partition coefficient (Wildman–Crippen LogP) is 4.49. The predicted molar refractivity (Wildman–Crippen MR) is 92.2 cm³/mol. The molecule has 1 aliphatic carbocycles. The Morgan fingerprint density at radius 3 is 2.52 bits per heavy atom. The lowest BCUT2D eigenvalue weighted by molar-refractivity contribution is 0.185. The fourth-order valence-corrected chi connectivity index (χ4v) is 4.45. The average molecular weight is 351 g/mol. The van der Waals surface area contributed by atoms with Crippen molar-refractivity contribution >= 4 is 15.9 Å². The lowest BCUT2D eigenvalue weighted by Gasteiger charge is -2.30. The Bertz CT molecular complexity index is 439. The molecule has 3 rings (SSSR count). The molecule has 0 bridgehead atoms. The third-order valence-electron chi connectivity index (χ3n) is 5.38. The number of likely N-dealkylation sites (tertiary alicyclic amines) is 1. The molecule has 3 heteroatoms. The van der Waals surface area contributed by atoms with Gasteiger partial charge in [-0.2, -0.15) is 0 Å². The van der Waals surface area contributed by atoms with Crippen LogP contribution in [-0.4, -0.2) is 24.0 Å². The van der Waals surface area contributed by atoms with Crippen LogP contribution >= 0.6 is 15.9 Å². The van der Waals surface area contributed by atoms with Crippen LogP contribution in [0.2, 0.25) is 0 Å². The monoisotopic (exact) mass is 350 g/mol. The fourth-order valence-electron chi connectivity index (χ4n) is 4.19. The number of rotatable bonds is 5. The molecule has 0 radical (unpaired) electrons. The normalized spacial score (nSPS) is 25.5. The van der Waals surface area contributed by atoms with Crippen molar-refractivity contribution in [3.05, 3.63) is 34.3 Å². The highest BCUT2D eigenvalue weighted by Crippen LogP contribution is 2.35. The van der Waals surface area contributed by atoms with E-state index in [-0.39, 0.29) is 6.04 Å². The molecule has 2 N–H and O–H groups in total.